The number of nitrogens with zero attached hydrogens (tertiary/aromatic N) is 1. The van der Waals surface area contributed by atoms with Gasteiger partial charge in [-0.25, -0.2) is 0 Å². The Morgan fingerprint density at radius 1 is 0.947 bits per heavy atom. The standard InChI is InChI=1S/C15H14Cl2N2/c1-11(13-4-8-15(17)9-5-13)19-18-10-12-2-6-14(16)7-3-12/h2-9,18H,10H2,1H3/b19-11-. The molecule has 0 fully saturated rings. The Balaban J connectivity index is 1.95. The van der Waals surface area contributed by atoms with Crippen LogP contribution in [0.25, 0.3) is 0 Å². The van der Waals surface area contributed by atoms with E-state index in [1.165, 1.54) is 0 Å². The van der Waals surface area contributed by atoms with Crippen molar-refractivity contribution in [3.63, 3.8) is 0 Å². The summed E-state index contributed by atoms with van der Waals surface area (Å²) in [4.78, 5) is 0. The quantitative estimate of drug-likeness (QED) is 0.651. The lowest BCUT2D eigenvalue weighted by Gasteiger charge is -2.04. The maximum Gasteiger partial charge on any atom is 0.0644 e. The predicted octanol–water partition coefficient (Wildman–Crippen LogP) is 4.51. The molecule has 2 aromatic carbocycles. The Morgan fingerprint density at radius 3 is 2.05 bits per heavy atom. The summed E-state index contributed by atoms with van der Waals surface area (Å²) in [6.45, 7) is 2.63. The monoisotopic (exact) mass is 292 g/mol. The molecule has 0 spiro atoms. The van der Waals surface area contributed by atoms with Crippen LogP contribution in [-0.4, -0.2) is 5.71 Å². The highest BCUT2D eigenvalue weighted by Crippen LogP contribution is 2.11. The molecule has 2 aromatic rings. The third kappa shape index (κ3) is 4.27. The smallest absolute Gasteiger partial charge is 0.0644 e. The first-order valence-corrected chi connectivity index (χ1v) is 6.68. The third-order valence-corrected chi connectivity index (χ3v) is 3.21. The third-order valence-electron chi connectivity index (χ3n) is 2.71. The second-order valence-corrected chi connectivity index (χ2v) is 5.04. The van der Waals surface area contributed by atoms with Gasteiger partial charge in [-0.1, -0.05) is 47.5 Å². The van der Waals surface area contributed by atoms with Crippen molar-refractivity contribution in [1.29, 1.82) is 0 Å². The van der Waals surface area contributed by atoms with Crippen molar-refractivity contribution in [3.05, 3.63) is 69.7 Å². The molecular weight excluding hydrogens is 279 g/mol. The molecule has 0 saturated carbocycles. The van der Waals surface area contributed by atoms with Gasteiger partial charge in [0.2, 0.25) is 0 Å². The van der Waals surface area contributed by atoms with Crippen LogP contribution in [0.4, 0.5) is 0 Å². The van der Waals surface area contributed by atoms with Crippen molar-refractivity contribution < 1.29 is 0 Å². The number of rotatable bonds is 4. The molecule has 0 aliphatic carbocycles. The average molecular weight is 293 g/mol. The molecule has 0 amide bonds. The van der Waals surface area contributed by atoms with Crippen molar-refractivity contribution in [1.82, 2.24) is 5.43 Å². The Labute approximate surface area is 123 Å². The van der Waals surface area contributed by atoms with Gasteiger partial charge in [-0.15, -0.1) is 0 Å². The second kappa shape index (κ2) is 6.60. The highest BCUT2D eigenvalue weighted by molar-refractivity contribution is 6.30. The van der Waals surface area contributed by atoms with Gasteiger partial charge in [0, 0.05) is 10.0 Å². The molecular formula is C15H14Cl2N2. The summed E-state index contributed by atoms with van der Waals surface area (Å²) in [7, 11) is 0. The molecule has 2 nitrogen and oxygen atoms in total. The number of hydrazone groups is 1. The fourth-order valence-corrected chi connectivity index (χ4v) is 1.86. The molecule has 0 atom stereocenters. The molecule has 4 heteroatoms. The van der Waals surface area contributed by atoms with Gasteiger partial charge in [-0.05, 0) is 42.3 Å². The van der Waals surface area contributed by atoms with Crippen LogP contribution in [0, 0.1) is 0 Å². The Kier molecular flexibility index (Phi) is 4.83. The van der Waals surface area contributed by atoms with Gasteiger partial charge in [0.15, 0.2) is 0 Å². The van der Waals surface area contributed by atoms with Crippen molar-refractivity contribution in [3.8, 4) is 0 Å². The van der Waals surface area contributed by atoms with E-state index in [0.717, 1.165) is 26.9 Å². The van der Waals surface area contributed by atoms with E-state index in [9.17, 15) is 0 Å². The van der Waals surface area contributed by atoms with E-state index in [1.807, 2.05) is 55.5 Å². The van der Waals surface area contributed by atoms with Gasteiger partial charge in [0.05, 0.1) is 12.3 Å². The molecule has 0 unspecified atom stereocenters. The summed E-state index contributed by atoms with van der Waals surface area (Å²) >= 11 is 11.7. The average Bonchev–Trinajstić information content (AvgIpc) is 2.41. The largest absolute Gasteiger partial charge is 0.305 e. The summed E-state index contributed by atoms with van der Waals surface area (Å²) in [6, 6.07) is 15.3. The predicted molar refractivity (Wildman–Crippen MR) is 82.0 cm³/mol. The van der Waals surface area contributed by atoms with Gasteiger partial charge in [0.25, 0.3) is 0 Å². The molecule has 0 aliphatic heterocycles. The van der Waals surface area contributed by atoms with Crippen LogP contribution in [0.3, 0.4) is 0 Å². The highest BCUT2D eigenvalue weighted by atomic mass is 35.5. The Bertz CT molecular complexity index is 560. The summed E-state index contributed by atoms with van der Waals surface area (Å²) in [5.74, 6) is 0. The van der Waals surface area contributed by atoms with Crippen molar-refractivity contribution in [2.45, 2.75) is 13.5 Å². The van der Waals surface area contributed by atoms with E-state index in [4.69, 9.17) is 23.2 Å². The number of nitrogens with one attached hydrogen (secondary N) is 1. The zero-order valence-electron chi connectivity index (χ0n) is 10.5. The molecule has 0 bridgehead atoms. The molecule has 0 heterocycles. The lowest BCUT2D eigenvalue weighted by Crippen LogP contribution is -2.09. The van der Waals surface area contributed by atoms with Crippen LogP contribution in [0.5, 0.6) is 0 Å². The minimum atomic E-state index is 0.669. The van der Waals surface area contributed by atoms with Crippen LogP contribution in [0.2, 0.25) is 10.0 Å². The van der Waals surface area contributed by atoms with Crippen LogP contribution >= 0.6 is 23.2 Å². The molecule has 0 aliphatic rings. The van der Waals surface area contributed by atoms with Crippen LogP contribution in [0.1, 0.15) is 18.1 Å². The van der Waals surface area contributed by atoms with Crippen LogP contribution in [-0.2, 0) is 6.54 Å². The van der Waals surface area contributed by atoms with Crippen molar-refractivity contribution >= 4 is 28.9 Å². The lowest BCUT2D eigenvalue weighted by atomic mass is 10.1. The van der Waals surface area contributed by atoms with Crippen molar-refractivity contribution in [2.24, 2.45) is 5.10 Å². The molecule has 0 radical (unpaired) electrons. The fourth-order valence-electron chi connectivity index (χ4n) is 1.61. The first kappa shape index (κ1) is 13.9. The van der Waals surface area contributed by atoms with Crippen LogP contribution in [0.15, 0.2) is 53.6 Å². The molecule has 98 valence electrons. The topological polar surface area (TPSA) is 24.4 Å². The maximum atomic E-state index is 5.85. The zero-order valence-corrected chi connectivity index (χ0v) is 12.0. The maximum absolute atomic E-state index is 5.85. The molecule has 0 aromatic heterocycles. The fraction of sp³-hybridized carbons (Fsp3) is 0.133. The van der Waals surface area contributed by atoms with E-state index in [0.29, 0.717) is 6.54 Å². The zero-order chi connectivity index (χ0) is 13.7. The van der Waals surface area contributed by atoms with Gasteiger partial charge in [-0.3, -0.25) is 0 Å². The van der Waals surface area contributed by atoms with E-state index in [1.54, 1.807) is 0 Å². The minimum absolute atomic E-state index is 0.669. The van der Waals surface area contributed by atoms with Gasteiger partial charge >= 0.3 is 0 Å². The number of halogens is 2. The Morgan fingerprint density at radius 2 is 1.47 bits per heavy atom. The molecule has 0 saturated heterocycles. The van der Waals surface area contributed by atoms with Gasteiger partial charge in [-0.2, -0.15) is 5.10 Å². The number of benzene rings is 2. The van der Waals surface area contributed by atoms with E-state index in [2.05, 4.69) is 10.5 Å². The molecule has 1 N–H and O–H groups in total. The highest BCUT2D eigenvalue weighted by Gasteiger charge is 1.97. The van der Waals surface area contributed by atoms with E-state index < -0.39 is 0 Å². The normalized spacial score (nSPS) is 11.4. The first-order valence-electron chi connectivity index (χ1n) is 5.93. The number of hydrogen-bond donors (Lipinski definition) is 1. The van der Waals surface area contributed by atoms with E-state index >= 15 is 0 Å². The van der Waals surface area contributed by atoms with Crippen molar-refractivity contribution in [2.75, 3.05) is 0 Å². The molecule has 2 rings (SSSR count). The van der Waals surface area contributed by atoms with E-state index in [-0.39, 0.29) is 0 Å². The minimum Gasteiger partial charge on any atom is -0.305 e. The summed E-state index contributed by atoms with van der Waals surface area (Å²) in [5, 5.41) is 5.80. The van der Waals surface area contributed by atoms with Gasteiger partial charge in [0.1, 0.15) is 0 Å². The summed E-state index contributed by atoms with van der Waals surface area (Å²) < 4.78 is 0. The first-order chi connectivity index (χ1) is 9.15. The van der Waals surface area contributed by atoms with Gasteiger partial charge < -0.3 is 5.43 Å². The summed E-state index contributed by atoms with van der Waals surface area (Å²) in [6.07, 6.45) is 0. The number of hydrogen-bond acceptors (Lipinski definition) is 2. The second-order valence-electron chi connectivity index (χ2n) is 4.17. The summed E-state index contributed by atoms with van der Waals surface area (Å²) in [5.41, 5.74) is 6.15. The SMILES string of the molecule is C/C(=N/NCc1ccc(Cl)cc1)c1ccc(Cl)cc1. The van der Waals surface area contributed by atoms with Crippen LogP contribution < -0.4 is 5.43 Å². The lowest BCUT2D eigenvalue weighted by molar-refractivity contribution is 0.744. The molecule has 19 heavy (non-hydrogen) atoms. The Hall–Kier alpha value is -1.51.